The summed E-state index contributed by atoms with van der Waals surface area (Å²) in [7, 11) is 4.30. The summed E-state index contributed by atoms with van der Waals surface area (Å²) >= 11 is 1.64. The minimum Gasteiger partial charge on any atom is -0.351 e. The van der Waals surface area contributed by atoms with Gasteiger partial charge in [-0.3, -0.25) is 14.5 Å². The number of thiophene rings is 1. The fourth-order valence-corrected chi connectivity index (χ4v) is 5.09. The molecule has 29 heavy (non-hydrogen) atoms. The molecule has 2 aliphatic heterocycles. The second kappa shape index (κ2) is 9.32. The Labute approximate surface area is 177 Å². The van der Waals surface area contributed by atoms with E-state index >= 15 is 0 Å². The maximum atomic E-state index is 12.6. The number of hydrogen-bond donors (Lipinski definition) is 1. The zero-order valence-electron chi connectivity index (χ0n) is 18.1. The predicted octanol–water partition coefficient (Wildman–Crippen LogP) is 3.13. The minimum atomic E-state index is -0.363. The van der Waals surface area contributed by atoms with Crippen LogP contribution in [0.5, 0.6) is 0 Å². The van der Waals surface area contributed by atoms with Crippen molar-refractivity contribution >= 4 is 28.9 Å². The van der Waals surface area contributed by atoms with Crippen LogP contribution in [0.2, 0.25) is 0 Å². The van der Waals surface area contributed by atoms with Crippen molar-refractivity contribution in [3.8, 4) is 0 Å². The van der Waals surface area contributed by atoms with Gasteiger partial charge in [-0.2, -0.15) is 0 Å². The number of aliphatic imine (C=N–C) groups is 1. The third-order valence-electron chi connectivity index (χ3n) is 6.11. The molecule has 0 aromatic carbocycles. The summed E-state index contributed by atoms with van der Waals surface area (Å²) in [6.07, 6.45) is 4.27. The molecular formula is C22H32N4O2S. The van der Waals surface area contributed by atoms with E-state index in [9.17, 15) is 9.59 Å². The predicted molar refractivity (Wildman–Crippen MR) is 119 cm³/mol. The van der Waals surface area contributed by atoms with E-state index < -0.39 is 0 Å². The number of carbonyl (C=O) groups excluding carboxylic acids is 2. The van der Waals surface area contributed by atoms with Crippen LogP contribution in [0.1, 0.15) is 54.9 Å². The van der Waals surface area contributed by atoms with Crippen molar-refractivity contribution in [2.24, 2.45) is 10.9 Å². The van der Waals surface area contributed by atoms with Crippen LogP contribution < -0.4 is 5.32 Å². The van der Waals surface area contributed by atoms with Crippen molar-refractivity contribution < 1.29 is 9.59 Å². The summed E-state index contributed by atoms with van der Waals surface area (Å²) in [6.45, 7) is 8.40. The Morgan fingerprint density at radius 1 is 1.34 bits per heavy atom. The molecule has 2 unspecified atom stereocenters. The van der Waals surface area contributed by atoms with Gasteiger partial charge >= 0.3 is 0 Å². The number of amides is 2. The molecule has 1 saturated heterocycles. The van der Waals surface area contributed by atoms with Crippen molar-refractivity contribution in [2.45, 2.75) is 45.7 Å². The molecule has 2 amide bonds. The van der Waals surface area contributed by atoms with E-state index in [0.717, 1.165) is 24.4 Å². The van der Waals surface area contributed by atoms with Gasteiger partial charge in [0.25, 0.3) is 11.8 Å². The number of hydrogen-bond acceptors (Lipinski definition) is 5. The summed E-state index contributed by atoms with van der Waals surface area (Å²) in [4.78, 5) is 34.8. The molecule has 3 heterocycles. The van der Waals surface area contributed by atoms with Gasteiger partial charge in [-0.25, -0.2) is 4.99 Å². The fraction of sp³-hybridized carbons (Fsp3) is 0.591. The van der Waals surface area contributed by atoms with Crippen LogP contribution in [0.4, 0.5) is 0 Å². The highest BCUT2D eigenvalue weighted by Gasteiger charge is 2.27. The van der Waals surface area contributed by atoms with Crippen molar-refractivity contribution in [1.29, 1.82) is 0 Å². The average molecular weight is 417 g/mol. The van der Waals surface area contributed by atoms with Gasteiger partial charge in [0.15, 0.2) is 0 Å². The maximum absolute atomic E-state index is 12.6. The zero-order valence-corrected chi connectivity index (χ0v) is 18.9. The van der Waals surface area contributed by atoms with Gasteiger partial charge in [-0.15, -0.1) is 11.3 Å². The van der Waals surface area contributed by atoms with E-state index in [1.807, 2.05) is 31.4 Å². The normalized spacial score (nSPS) is 22.4. The quantitative estimate of drug-likeness (QED) is 0.774. The molecule has 3 rings (SSSR count). The first kappa shape index (κ1) is 21.9. The molecule has 0 spiro atoms. The Bertz CT molecular complexity index is 819. The van der Waals surface area contributed by atoms with Gasteiger partial charge in [-0.1, -0.05) is 5.57 Å². The molecule has 0 radical (unpaired) electrons. The topological polar surface area (TPSA) is 65.0 Å². The largest absolute Gasteiger partial charge is 0.351 e. The van der Waals surface area contributed by atoms with Gasteiger partial charge in [0.1, 0.15) is 0 Å². The Hall–Kier alpha value is -1.83. The molecule has 1 fully saturated rings. The highest BCUT2D eigenvalue weighted by molar-refractivity contribution is 7.10. The second-order valence-corrected chi connectivity index (χ2v) is 9.33. The first-order valence-corrected chi connectivity index (χ1v) is 11.2. The minimum absolute atomic E-state index is 0.127. The Morgan fingerprint density at radius 3 is 2.66 bits per heavy atom. The van der Waals surface area contributed by atoms with Crippen LogP contribution in [0.3, 0.4) is 0 Å². The summed E-state index contributed by atoms with van der Waals surface area (Å²) < 4.78 is 0. The molecule has 0 bridgehead atoms. The number of nitrogens with one attached hydrogen (secondary N) is 1. The summed E-state index contributed by atoms with van der Waals surface area (Å²) in [6, 6.07) is 2.97. The number of allylic oxidation sites excluding steroid dienone is 1. The Kier molecular flexibility index (Phi) is 7.03. The van der Waals surface area contributed by atoms with E-state index in [1.165, 1.54) is 17.7 Å². The van der Waals surface area contributed by atoms with Gasteiger partial charge in [0.05, 0.1) is 11.5 Å². The second-order valence-electron chi connectivity index (χ2n) is 8.39. The number of rotatable bonds is 6. The molecule has 2 aliphatic rings. The lowest BCUT2D eigenvalue weighted by molar-refractivity contribution is -0.120. The van der Waals surface area contributed by atoms with Crippen molar-refractivity contribution in [3.05, 3.63) is 33.5 Å². The van der Waals surface area contributed by atoms with E-state index in [4.69, 9.17) is 0 Å². The highest BCUT2D eigenvalue weighted by Crippen LogP contribution is 2.30. The summed E-state index contributed by atoms with van der Waals surface area (Å²) in [5, 5.41) is 4.83. The number of nitrogens with zero attached hydrogens (tertiary/aromatic N) is 3. The van der Waals surface area contributed by atoms with E-state index in [1.54, 1.807) is 11.3 Å². The maximum Gasteiger partial charge on any atom is 0.254 e. The van der Waals surface area contributed by atoms with Gasteiger partial charge in [-0.05, 0) is 59.9 Å². The van der Waals surface area contributed by atoms with E-state index in [0.29, 0.717) is 17.6 Å². The molecule has 1 aromatic rings. The van der Waals surface area contributed by atoms with Crippen LogP contribution in [-0.4, -0.2) is 67.1 Å². The van der Waals surface area contributed by atoms with Gasteiger partial charge < -0.3 is 10.2 Å². The lowest BCUT2D eigenvalue weighted by atomic mass is 9.96. The van der Waals surface area contributed by atoms with E-state index in [2.05, 4.69) is 41.1 Å². The van der Waals surface area contributed by atoms with Crippen molar-refractivity contribution in [3.63, 3.8) is 0 Å². The SMILES string of the molecule is CC1=CC(C)=NC(=O)C1CNC(=O)c1csc(C(C)N2CCC(N(C)C)CC2)c1. The molecule has 7 heteroatoms. The zero-order chi connectivity index (χ0) is 21.1. The Balaban J connectivity index is 1.55. The summed E-state index contributed by atoms with van der Waals surface area (Å²) in [5.41, 5.74) is 2.34. The Morgan fingerprint density at radius 2 is 2.03 bits per heavy atom. The molecule has 1 aromatic heterocycles. The van der Waals surface area contributed by atoms with Crippen LogP contribution in [0.15, 0.2) is 28.1 Å². The smallest absolute Gasteiger partial charge is 0.254 e. The molecule has 2 atom stereocenters. The van der Waals surface area contributed by atoms with Crippen LogP contribution in [0.25, 0.3) is 0 Å². The molecule has 6 nitrogen and oxygen atoms in total. The molecule has 0 saturated carbocycles. The molecule has 1 N–H and O–H groups in total. The highest BCUT2D eigenvalue weighted by atomic mass is 32.1. The number of piperidine rings is 1. The first-order valence-electron chi connectivity index (χ1n) is 10.3. The summed E-state index contributed by atoms with van der Waals surface area (Å²) in [5.74, 6) is -0.667. The fourth-order valence-electron chi connectivity index (χ4n) is 4.11. The first-order chi connectivity index (χ1) is 13.8. The average Bonchev–Trinajstić information content (AvgIpc) is 3.16. The molecule has 158 valence electrons. The lowest BCUT2D eigenvalue weighted by Gasteiger charge is -2.38. The van der Waals surface area contributed by atoms with Gasteiger partial charge in [0, 0.05) is 47.7 Å². The lowest BCUT2D eigenvalue weighted by Crippen LogP contribution is -2.42. The van der Waals surface area contributed by atoms with Crippen molar-refractivity contribution in [2.75, 3.05) is 33.7 Å². The van der Waals surface area contributed by atoms with Gasteiger partial charge in [0.2, 0.25) is 0 Å². The number of likely N-dealkylation sites (tertiary alicyclic amines) is 1. The third-order valence-corrected chi connectivity index (χ3v) is 7.21. The van der Waals surface area contributed by atoms with Crippen LogP contribution in [0, 0.1) is 5.92 Å². The number of carbonyl (C=O) groups is 2. The van der Waals surface area contributed by atoms with Crippen LogP contribution in [-0.2, 0) is 4.79 Å². The standard InChI is InChI=1S/C22H32N4O2S/c1-14-10-15(2)24-22(28)19(14)12-23-21(27)17-11-20(29-13-17)16(3)26-8-6-18(7-9-26)25(4)5/h10-11,13,16,18-19H,6-9,12H2,1-5H3,(H,23,27). The third kappa shape index (κ3) is 5.21. The van der Waals surface area contributed by atoms with E-state index in [-0.39, 0.29) is 24.3 Å². The molecule has 0 aliphatic carbocycles. The monoisotopic (exact) mass is 416 g/mol. The van der Waals surface area contributed by atoms with Crippen molar-refractivity contribution in [1.82, 2.24) is 15.1 Å². The molecular weight excluding hydrogens is 384 g/mol. The number of dihydropyridines is 1. The van der Waals surface area contributed by atoms with Crippen LogP contribution >= 0.6 is 11.3 Å².